The van der Waals surface area contributed by atoms with Crippen molar-refractivity contribution in [2.24, 2.45) is 0 Å². The minimum Gasteiger partial charge on any atom is -0.497 e. The van der Waals surface area contributed by atoms with E-state index >= 15 is 0 Å². The van der Waals surface area contributed by atoms with Crippen LogP contribution in [0.4, 0.5) is 11.4 Å². The maximum atomic E-state index is 13.5. The van der Waals surface area contributed by atoms with Gasteiger partial charge in [0, 0.05) is 0 Å². The molecule has 170 valence electrons. The monoisotopic (exact) mass is 468 g/mol. The van der Waals surface area contributed by atoms with Crippen LogP contribution in [-0.4, -0.2) is 24.0 Å². The normalized spacial score (nSPS) is 15.8. The second kappa shape index (κ2) is 10.3. The Labute approximate surface area is 204 Å². The number of allylic oxidation sites excluding steroid dienone is 2. The average molecular weight is 469 g/mol. The van der Waals surface area contributed by atoms with Crippen LogP contribution in [0.2, 0.25) is 0 Å². The molecule has 1 aliphatic heterocycles. The van der Waals surface area contributed by atoms with Crippen LogP contribution in [0.3, 0.4) is 0 Å². The topological polar surface area (TPSA) is 49.9 Å². The maximum absolute atomic E-state index is 13.5. The lowest BCUT2D eigenvalue weighted by atomic mass is 10.0. The van der Waals surface area contributed by atoms with Gasteiger partial charge in [0.2, 0.25) is 0 Å². The number of anilines is 2. The number of para-hydroxylation sites is 1. The molecule has 3 aromatic rings. The van der Waals surface area contributed by atoms with Gasteiger partial charge in [-0.1, -0.05) is 66.3 Å². The zero-order valence-corrected chi connectivity index (χ0v) is 19.8. The Morgan fingerprint density at radius 3 is 1.91 bits per heavy atom. The first-order valence-corrected chi connectivity index (χ1v) is 11.2. The highest BCUT2D eigenvalue weighted by Gasteiger charge is 2.40. The number of ether oxygens (including phenoxy) is 1. The third-order valence-corrected chi connectivity index (χ3v) is 5.80. The van der Waals surface area contributed by atoms with Crippen LogP contribution in [-0.2, 0) is 9.59 Å². The Hall–Kier alpha value is -4.03. The van der Waals surface area contributed by atoms with Crippen molar-refractivity contribution in [2.45, 2.75) is 13.3 Å². The van der Waals surface area contributed by atoms with Gasteiger partial charge in [-0.3, -0.25) is 19.4 Å². The van der Waals surface area contributed by atoms with E-state index in [0.29, 0.717) is 23.5 Å². The number of hydrogen-bond acceptors (Lipinski definition) is 4. The fourth-order valence-electron chi connectivity index (χ4n) is 3.70. The Morgan fingerprint density at radius 2 is 1.35 bits per heavy atom. The number of carbonyl (C=O) groups is 2. The fraction of sp³-hybridized carbons (Fsp3) is 0.107. The molecule has 0 aromatic heterocycles. The summed E-state index contributed by atoms with van der Waals surface area (Å²) in [6, 6.07) is 26.0. The molecule has 0 saturated carbocycles. The van der Waals surface area contributed by atoms with Crippen LogP contribution in [0.15, 0.2) is 102 Å². The van der Waals surface area contributed by atoms with E-state index in [0.717, 1.165) is 11.1 Å². The highest BCUT2D eigenvalue weighted by molar-refractivity contribution is 7.81. The Balaban J connectivity index is 1.72. The number of amides is 2. The number of thiocarbonyl (C=S) groups is 1. The largest absolute Gasteiger partial charge is 0.497 e. The third kappa shape index (κ3) is 4.82. The number of nitrogens with zero attached hydrogens (tertiary/aromatic N) is 2. The molecular formula is C28H24N2O3S. The summed E-state index contributed by atoms with van der Waals surface area (Å²) in [6.07, 6.45) is 4.18. The molecule has 0 bridgehead atoms. The van der Waals surface area contributed by atoms with Crippen LogP contribution >= 0.6 is 12.2 Å². The van der Waals surface area contributed by atoms with Gasteiger partial charge in [0.1, 0.15) is 11.3 Å². The van der Waals surface area contributed by atoms with Crippen molar-refractivity contribution in [2.75, 3.05) is 16.9 Å². The molecule has 6 heteroatoms. The smallest absolute Gasteiger partial charge is 0.269 e. The molecule has 3 aromatic carbocycles. The molecule has 4 rings (SSSR count). The zero-order chi connectivity index (χ0) is 24.1. The van der Waals surface area contributed by atoms with Gasteiger partial charge < -0.3 is 4.74 Å². The van der Waals surface area contributed by atoms with Crippen molar-refractivity contribution in [3.05, 3.63) is 108 Å². The van der Waals surface area contributed by atoms with Crippen molar-refractivity contribution in [1.82, 2.24) is 0 Å². The van der Waals surface area contributed by atoms with Gasteiger partial charge in [0.15, 0.2) is 5.11 Å². The van der Waals surface area contributed by atoms with Gasteiger partial charge in [-0.2, -0.15) is 0 Å². The van der Waals surface area contributed by atoms with Crippen molar-refractivity contribution >= 4 is 46.6 Å². The first kappa shape index (κ1) is 23.1. The van der Waals surface area contributed by atoms with Crippen LogP contribution in [0, 0.1) is 0 Å². The van der Waals surface area contributed by atoms with Crippen molar-refractivity contribution in [3.8, 4) is 5.75 Å². The Kier molecular flexibility index (Phi) is 6.99. The van der Waals surface area contributed by atoms with E-state index < -0.39 is 11.8 Å². The zero-order valence-electron chi connectivity index (χ0n) is 19.0. The lowest BCUT2D eigenvalue weighted by molar-refractivity contribution is -0.120. The number of rotatable bonds is 6. The van der Waals surface area contributed by atoms with Gasteiger partial charge in [-0.15, -0.1) is 0 Å². The van der Waals surface area contributed by atoms with E-state index in [1.807, 2.05) is 61.5 Å². The van der Waals surface area contributed by atoms with E-state index in [-0.39, 0.29) is 10.7 Å². The Bertz CT molecular complexity index is 1270. The molecule has 2 amide bonds. The molecule has 1 heterocycles. The summed E-state index contributed by atoms with van der Waals surface area (Å²) in [7, 11) is 1.58. The summed E-state index contributed by atoms with van der Waals surface area (Å²) in [5.41, 5.74) is 3.33. The lowest BCUT2D eigenvalue weighted by Crippen LogP contribution is -2.57. The van der Waals surface area contributed by atoms with Crippen molar-refractivity contribution in [3.63, 3.8) is 0 Å². The summed E-state index contributed by atoms with van der Waals surface area (Å²) in [4.78, 5) is 29.8. The van der Waals surface area contributed by atoms with Gasteiger partial charge in [0.05, 0.1) is 18.5 Å². The first-order chi connectivity index (χ1) is 16.5. The van der Waals surface area contributed by atoms with Crippen LogP contribution < -0.4 is 14.5 Å². The highest BCUT2D eigenvalue weighted by atomic mass is 32.1. The number of benzene rings is 3. The van der Waals surface area contributed by atoms with E-state index in [1.54, 1.807) is 49.6 Å². The van der Waals surface area contributed by atoms with Crippen molar-refractivity contribution < 1.29 is 14.3 Å². The van der Waals surface area contributed by atoms with E-state index in [9.17, 15) is 9.59 Å². The first-order valence-electron chi connectivity index (χ1n) is 10.8. The molecular weight excluding hydrogens is 444 g/mol. The quantitative estimate of drug-likeness (QED) is 0.261. The summed E-state index contributed by atoms with van der Waals surface area (Å²) < 4.78 is 5.23. The second-order valence-corrected chi connectivity index (χ2v) is 8.19. The summed E-state index contributed by atoms with van der Waals surface area (Å²) in [5.74, 6) is -0.217. The second-order valence-electron chi connectivity index (χ2n) is 7.82. The van der Waals surface area contributed by atoms with Gasteiger partial charge in [0.25, 0.3) is 11.8 Å². The lowest BCUT2D eigenvalue weighted by Gasteiger charge is -2.36. The van der Waals surface area contributed by atoms with Gasteiger partial charge in [-0.05, 0) is 67.5 Å². The maximum Gasteiger partial charge on any atom is 0.269 e. The predicted molar refractivity (Wildman–Crippen MR) is 140 cm³/mol. The molecule has 0 atom stereocenters. The molecule has 1 saturated heterocycles. The van der Waals surface area contributed by atoms with Crippen LogP contribution in [0.5, 0.6) is 5.75 Å². The number of hydrogen-bond donors (Lipinski definition) is 0. The van der Waals surface area contributed by atoms with Crippen LogP contribution in [0.1, 0.15) is 18.9 Å². The van der Waals surface area contributed by atoms with Gasteiger partial charge in [-0.25, -0.2) is 0 Å². The van der Waals surface area contributed by atoms with E-state index in [1.165, 1.54) is 9.80 Å². The summed E-state index contributed by atoms with van der Waals surface area (Å²) in [5, 5.41) is 0.111. The molecule has 1 fully saturated rings. The molecule has 0 spiro atoms. The predicted octanol–water partition coefficient (Wildman–Crippen LogP) is 5.78. The number of methoxy groups -OCH3 is 1. The molecule has 34 heavy (non-hydrogen) atoms. The molecule has 0 unspecified atom stereocenters. The standard InChI is InChI=1S/C28H24N2O3S/c1-20(19-21-9-5-3-6-10-21)13-18-25-26(31)29(22-11-7-4-8-12-22)28(34)30(27(25)32)23-14-16-24(33-2)17-15-23/h3-12,14-19H,13H2,1-2H3. The molecule has 0 aliphatic carbocycles. The highest BCUT2D eigenvalue weighted by Crippen LogP contribution is 2.30. The van der Waals surface area contributed by atoms with E-state index in [2.05, 4.69) is 0 Å². The average Bonchev–Trinajstić information content (AvgIpc) is 2.85. The SMILES string of the molecule is COc1ccc(N2C(=O)C(=CCC(C)=Cc3ccccc3)C(=O)N(c3ccccc3)C2=S)cc1. The minimum atomic E-state index is -0.445. The molecule has 1 aliphatic rings. The third-order valence-electron chi connectivity index (χ3n) is 5.44. The molecule has 5 nitrogen and oxygen atoms in total. The van der Waals surface area contributed by atoms with Gasteiger partial charge >= 0.3 is 0 Å². The van der Waals surface area contributed by atoms with Crippen LogP contribution in [0.25, 0.3) is 6.08 Å². The van der Waals surface area contributed by atoms with Crippen molar-refractivity contribution in [1.29, 1.82) is 0 Å². The Morgan fingerprint density at radius 1 is 0.824 bits per heavy atom. The summed E-state index contributed by atoms with van der Waals surface area (Å²) in [6.45, 7) is 1.97. The molecule has 0 N–H and O–H groups in total. The fourth-order valence-corrected chi connectivity index (χ4v) is 4.08. The molecule has 0 radical (unpaired) electrons. The number of carbonyl (C=O) groups excluding carboxylic acids is 2. The summed E-state index contributed by atoms with van der Waals surface area (Å²) >= 11 is 5.64. The van der Waals surface area contributed by atoms with E-state index in [4.69, 9.17) is 17.0 Å². The minimum absolute atomic E-state index is 0.0779.